The van der Waals surface area contributed by atoms with E-state index in [0.717, 1.165) is 6.54 Å². The van der Waals surface area contributed by atoms with Crippen LogP contribution in [0.15, 0.2) is 18.3 Å². The second-order valence-corrected chi connectivity index (χ2v) is 3.63. The number of ether oxygens (including phenoxy) is 1. The first kappa shape index (κ1) is 9.46. The molecule has 2 rings (SSSR count). The van der Waals surface area contributed by atoms with Crippen LogP contribution in [0.1, 0.15) is 30.9 Å². The highest BCUT2D eigenvalue weighted by Gasteiger charge is 2.14. The molecule has 0 aromatic carbocycles. The van der Waals surface area contributed by atoms with Gasteiger partial charge in [-0.1, -0.05) is 6.42 Å². The van der Waals surface area contributed by atoms with Crippen LogP contribution in [0.25, 0.3) is 0 Å². The van der Waals surface area contributed by atoms with E-state index in [2.05, 4.69) is 16.4 Å². The monoisotopic (exact) mass is 192 g/mol. The molecule has 0 aliphatic carbocycles. The van der Waals surface area contributed by atoms with Gasteiger partial charge in [-0.15, -0.1) is 0 Å². The Morgan fingerprint density at radius 2 is 2.43 bits per heavy atom. The van der Waals surface area contributed by atoms with Crippen molar-refractivity contribution in [3.63, 3.8) is 0 Å². The molecule has 2 heterocycles. The Bertz CT molecular complexity index is 295. The average molecular weight is 192 g/mol. The minimum absolute atomic E-state index is 0.487. The first-order chi connectivity index (χ1) is 6.90. The standard InChI is InChI=1S/C11H16N2O/c1-14-11-8-9(5-7-13-11)10-4-2-3-6-12-10/h5,7-8,10,12H,2-4,6H2,1H3/t10-/m1/s1. The number of pyridine rings is 1. The number of nitrogens with one attached hydrogen (secondary N) is 1. The van der Waals surface area contributed by atoms with Crippen molar-refractivity contribution in [3.05, 3.63) is 23.9 Å². The number of methoxy groups -OCH3 is 1. The summed E-state index contributed by atoms with van der Waals surface area (Å²) in [5.41, 5.74) is 1.29. The summed E-state index contributed by atoms with van der Waals surface area (Å²) in [6.07, 6.45) is 5.62. The lowest BCUT2D eigenvalue weighted by Crippen LogP contribution is -2.26. The number of hydrogen-bond donors (Lipinski definition) is 1. The maximum absolute atomic E-state index is 5.11. The highest BCUT2D eigenvalue weighted by Crippen LogP contribution is 2.24. The normalized spacial score (nSPS) is 21.9. The van der Waals surface area contributed by atoms with Crippen LogP contribution in [0, 0.1) is 0 Å². The van der Waals surface area contributed by atoms with E-state index in [1.54, 1.807) is 7.11 Å². The fourth-order valence-electron chi connectivity index (χ4n) is 1.89. The summed E-state index contributed by atoms with van der Waals surface area (Å²) in [4.78, 5) is 4.10. The van der Waals surface area contributed by atoms with E-state index < -0.39 is 0 Å². The van der Waals surface area contributed by atoms with Crippen LogP contribution in [-0.4, -0.2) is 18.6 Å². The number of piperidine rings is 1. The van der Waals surface area contributed by atoms with E-state index in [0.29, 0.717) is 11.9 Å². The van der Waals surface area contributed by atoms with Crippen LogP contribution in [0.3, 0.4) is 0 Å². The second-order valence-electron chi connectivity index (χ2n) is 3.63. The number of hydrogen-bond acceptors (Lipinski definition) is 3. The summed E-state index contributed by atoms with van der Waals surface area (Å²) in [6.45, 7) is 1.12. The fraction of sp³-hybridized carbons (Fsp3) is 0.545. The van der Waals surface area contributed by atoms with Crippen LogP contribution < -0.4 is 10.1 Å². The molecule has 0 amide bonds. The molecule has 3 nitrogen and oxygen atoms in total. The average Bonchev–Trinajstić information content (AvgIpc) is 2.30. The van der Waals surface area contributed by atoms with Crippen molar-refractivity contribution in [1.29, 1.82) is 0 Å². The predicted molar refractivity (Wildman–Crippen MR) is 55.4 cm³/mol. The van der Waals surface area contributed by atoms with E-state index >= 15 is 0 Å². The third kappa shape index (κ3) is 2.04. The molecule has 0 unspecified atom stereocenters. The molecule has 1 aromatic rings. The van der Waals surface area contributed by atoms with Gasteiger partial charge in [0.05, 0.1) is 7.11 Å². The minimum Gasteiger partial charge on any atom is -0.481 e. The molecule has 1 aromatic heterocycles. The van der Waals surface area contributed by atoms with Crippen molar-refractivity contribution < 1.29 is 4.74 Å². The Morgan fingerprint density at radius 1 is 1.50 bits per heavy atom. The van der Waals surface area contributed by atoms with Gasteiger partial charge in [-0.2, -0.15) is 0 Å². The molecule has 1 atom stereocenters. The summed E-state index contributed by atoms with van der Waals surface area (Å²) >= 11 is 0. The maximum Gasteiger partial charge on any atom is 0.213 e. The molecule has 76 valence electrons. The van der Waals surface area contributed by atoms with E-state index in [-0.39, 0.29) is 0 Å². The van der Waals surface area contributed by atoms with E-state index in [4.69, 9.17) is 4.74 Å². The van der Waals surface area contributed by atoms with Gasteiger partial charge in [-0.05, 0) is 31.0 Å². The van der Waals surface area contributed by atoms with E-state index in [1.165, 1.54) is 24.8 Å². The van der Waals surface area contributed by atoms with Gasteiger partial charge in [0.2, 0.25) is 5.88 Å². The maximum atomic E-state index is 5.11. The van der Waals surface area contributed by atoms with Crippen molar-refractivity contribution in [2.24, 2.45) is 0 Å². The van der Waals surface area contributed by atoms with Gasteiger partial charge in [0.15, 0.2) is 0 Å². The Balaban J connectivity index is 2.13. The number of nitrogens with zero attached hydrogens (tertiary/aromatic N) is 1. The number of rotatable bonds is 2. The summed E-state index contributed by atoms with van der Waals surface area (Å²) in [7, 11) is 1.65. The molecule has 3 heteroatoms. The van der Waals surface area contributed by atoms with Crippen molar-refractivity contribution in [2.75, 3.05) is 13.7 Å². The molecular weight excluding hydrogens is 176 g/mol. The van der Waals surface area contributed by atoms with Crippen LogP contribution in [0.5, 0.6) is 5.88 Å². The smallest absolute Gasteiger partial charge is 0.213 e. The van der Waals surface area contributed by atoms with Crippen molar-refractivity contribution >= 4 is 0 Å². The summed E-state index contributed by atoms with van der Waals surface area (Å²) in [6, 6.07) is 4.56. The van der Waals surface area contributed by atoms with Crippen LogP contribution in [0.2, 0.25) is 0 Å². The molecule has 1 fully saturated rings. The molecule has 0 saturated carbocycles. The molecule has 0 spiro atoms. The second kappa shape index (κ2) is 4.42. The third-order valence-corrected chi connectivity index (χ3v) is 2.68. The zero-order valence-corrected chi connectivity index (χ0v) is 8.49. The SMILES string of the molecule is COc1cc([C@H]2CCCCN2)ccn1. The van der Waals surface area contributed by atoms with Crippen LogP contribution >= 0.6 is 0 Å². The fourth-order valence-corrected chi connectivity index (χ4v) is 1.89. The summed E-state index contributed by atoms with van der Waals surface area (Å²) in [5, 5.41) is 3.50. The zero-order chi connectivity index (χ0) is 9.80. The van der Waals surface area contributed by atoms with E-state index in [1.807, 2.05) is 12.3 Å². The summed E-state index contributed by atoms with van der Waals surface area (Å²) < 4.78 is 5.11. The van der Waals surface area contributed by atoms with Gasteiger partial charge in [0.25, 0.3) is 0 Å². The quantitative estimate of drug-likeness (QED) is 0.777. The Morgan fingerprint density at radius 3 is 3.14 bits per heavy atom. The first-order valence-corrected chi connectivity index (χ1v) is 5.13. The molecule has 0 bridgehead atoms. The predicted octanol–water partition coefficient (Wildman–Crippen LogP) is 1.90. The van der Waals surface area contributed by atoms with Gasteiger partial charge >= 0.3 is 0 Å². The zero-order valence-electron chi connectivity index (χ0n) is 8.49. The Labute approximate surface area is 84.5 Å². The highest BCUT2D eigenvalue weighted by molar-refractivity contribution is 5.23. The van der Waals surface area contributed by atoms with Gasteiger partial charge < -0.3 is 10.1 Å². The first-order valence-electron chi connectivity index (χ1n) is 5.13. The van der Waals surface area contributed by atoms with E-state index in [9.17, 15) is 0 Å². The molecular formula is C11H16N2O. The third-order valence-electron chi connectivity index (χ3n) is 2.68. The lowest BCUT2D eigenvalue weighted by atomic mass is 9.98. The van der Waals surface area contributed by atoms with Crippen molar-refractivity contribution in [3.8, 4) is 5.88 Å². The van der Waals surface area contributed by atoms with Crippen molar-refractivity contribution in [1.82, 2.24) is 10.3 Å². The largest absolute Gasteiger partial charge is 0.481 e. The van der Waals surface area contributed by atoms with Gasteiger partial charge in [0.1, 0.15) is 0 Å². The van der Waals surface area contributed by atoms with Crippen LogP contribution in [-0.2, 0) is 0 Å². The van der Waals surface area contributed by atoms with Gasteiger partial charge in [0, 0.05) is 18.3 Å². The molecule has 0 radical (unpaired) electrons. The highest BCUT2D eigenvalue weighted by atomic mass is 16.5. The molecule has 1 saturated heterocycles. The lowest BCUT2D eigenvalue weighted by Gasteiger charge is -2.23. The Kier molecular flexibility index (Phi) is 2.99. The topological polar surface area (TPSA) is 34.1 Å². The van der Waals surface area contributed by atoms with Gasteiger partial charge in [-0.3, -0.25) is 0 Å². The molecule has 1 N–H and O–H groups in total. The lowest BCUT2D eigenvalue weighted by molar-refractivity contribution is 0.388. The number of aromatic nitrogens is 1. The summed E-state index contributed by atoms with van der Waals surface area (Å²) in [5.74, 6) is 0.704. The Hall–Kier alpha value is -1.09. The molecule has 14 heavy (non-hydrogen) atoms. The molecule has 1 aliphatic heterocycles. The van der Waals surface area contributed by atoms with Crippen molar-refractivity contribution in [2.45, 2.75) is 25.3 Å². The van der Waals surface area contributed by atoms with Gasteiger partial charge in [-0.25, -0.2) is 4.98 Å². The minimum atomic E-state index is 0.487. The molecule has 1 aliphatic rings. The van der Waals surface area contributed by atoms with Crippen LogP contribution in [0.4, 0.5) is 0 Å².